The minimum absolute atomic E-state index is 0.0702. The maximum Gasteiger partial charge on any atom is 0.243 e. The van der Waals surface area contributed by atoms with Crippen LogP contribution in [-0.2, 0) is 21.4 Å². The summed E-state index contributed by atoms with van der Waals surface area (Å²) in [6.45, 7) is -0.117. The van der Waals surface area contributed by atoms with Crippen molar-refractivity contribution in [1.82, 2.24) is 19.2 Å². The summed E-state index contributed by atoms with van der Waals surface area (Å²) in [5.74, 6) is -0.307. The van der Waals surface area contributed by atoms with Crippen molar-refractivity contribution >= 4 is 27.0 Å². The maximum absolute atomic E-state index is 13.0. The molecule has 9 heteroatoms. The van der Waals surface area contributed by atoms with Gasteiger partial charge < -0.3 is 9.88 Å². The molecule has 0 bridgehead atoms. The van der Waals surface area contributed by atoms with Crippen LogP contribution in [0, 0.1) is 5.82 Å². The molecular formula is C18H19FN4O3S. The topological polar surface area (TPSA) is 86.4 Å². The first-order chi connectivity index (χ1) is 12.8. The average molecular weight is 390 g/mol. The lowest BCUT2D eigenvalue weighted by molar-refractivity contribution is -0.130. The summed E-state index contributed by atoms with van der Waals surface area (Å²) in [6, 6.07) is 12.0. The van der Waals surface area contributed by atoms with Gasteiger partial charge in [0.2, 0.25) is 15.9 Å². The lowest BCUT2D eigenvalue weighted by Gasteiger charge is -2.21. The number of fused-ring (bicyclic) bond motifs is 1. The first kappa shape index (κ1) is 19.0. The van der Waals surface area contributed by atoms with Gasteiger partial charge in [0.25, 0.3) is 0 Å². The third kappa shape index (κ3) is 4.15. The molecule has 3 rings (SSSR count). The van der Waals surface area contributed by atoms with E-state index in [1.165, 1.54) is 24.1 Å². The largest absolute Gasteiger partial charge is 0.340 e. The second kappa shape index (κ2) is 7.45. The Hall–Kier alpha value is -2.78. The van der Waals surface area contributed by atoms with Crippen LogP contribution in [0.3, 0.4) is 0 Å². The Bertz CT molecular complexity index is 1030. The van der Waals surface area contributed by atoms with Gasteiger partial charge in [-0.3, -0.25) is 4.79 Å². The van der Waals surface area contributed by atoms with Crippen molar-refractivity contribution in [3.05, 3.63) is 60.2 Å². The van der Waals surface area contributed by atoms with Crippen molar-refractivity contribution in [2.24, 2.45) is 0 Å². The lowest BCUT2D eigenvalue weighted by atomic mass is 10.3. The van der Waals surface area contributed by atoms with Gasteiger partial charge >= 0.3 is 0 Å². The van der Waals surface area contributed by atoms with Crippen molar-refractivity contribution in [2.75, 3.05) is 20.6 Å². The number of hydrogen-bond donors (Lipinski definition) is 1. The second-order valence-electron chi connectivity index (χ2n) is 6.17. The number of aromatic amines is 1. The number of nitrogens with zero attached hydrogens (tertiary/aromatic N) is 3. The highest BCUT2D eigenvalue weighted by atomic mass is 32.2. The van der Waals surface area contributed by atoms with Gasteiger partial charge in [0.05, 0.1) is 29.0 Å². The zero-order valence-corrected chi connectivity index (χ0v) is 15.7. The molecule has 0 saturated carbocycles. The van der Waals surface area contributed by atoms with Crippen LogP contribution in [0.2, 0.25) is 0 Å². The number of aromatic nitrogens is 2. The van der Waals surface area contributed by atoms with E-state index in [0.717, 1.165) is 27.5 Å². The fourth-order valence-corrected chi connectivity index (χ4v) is 3.70. The number of carbonyl (C=O) groups excluding carboxylic acids is 1. The number of para-hydroxylation sites is 2. The van der Waals surface area contributed by atoms with Gasteiger partial charge in [-0.1, -0.05) is 12.1 Å². The van der Waals surface area contributed by atoms with E-state index in [0.29, 0.717) is 5.82 Å². The summed E-state index contributed by atoms with van der Waals surface area (Å²) in [7, 11) is -0.994. The number of imidazole rings is 1. The van der Waals surface area contributed by atoms with Gasteiger partial charge in [-0.05, 0) is 36.4 Å². The molecule has 142 valence electrons. The predicted molar refractivity (Wildman–Crippen MR) is 98.8 cm³/mol. The summed E-state index contributed by atoms with van der Waals surface area (Å²) < 4.78 is 38.9. The molecule has 1 amide bonds. The molecule has 0 radical (unpaired) electrons. The first-order valence-corrected chi connectivity index (χ1v) is 9.61. The number of rotatable bonds is 6. The predicted octanol–water partition coefficient (Wildman–Crippen LogP) is 1.98. The number of benzene rings is 2. The number of H-pyrrole nitrogens is 1. The molecule has 27 heavy (non-hydrogen) atoms. The minimum Gasteiger partial charge on any atom is -0.340 e. The third-order valence-electron chi connectivity index (χ3n) is 4.13. The normalized spacial score (nSPS) is 11.9. The molecule has 0 atom stereocenters. The van der Waals surface area contributed by atoms with E-state index >= 15 is 0 Å². The van der Waals surface area contributed by atoms with E-state index in [-0.39, 0.29) is 23.9 Å². The smallest absolute Gasteiger partial charge is 0.243 e. The summed E-state index contributed by atoms with van der Waals surface area (Å²) >= 11 is 0. The Morgan fingerprint density at radius 3 is 2.44 bits per heavy atom. The molecule has 7 nitrogen and oxygen atoms in total. The maximum atomic E-state index is 13.0. The average Bonchev–Trinajstić information content (AvgIpc) is 3.04. The van der Waals surface area contributed by atoms with Crippen molar-refractivity contribution in [2.45, 2.75) is 11.4 Å². The highest BCUT2D eigenvalue weighted by Gasteiger charge is 2.24. The summed E-state index contributed by atoms with van der Waals surface area (Å²) in [4.78, 5) is 21.3. The molecular weight excluding hydrogens is 371 g/mol. The quantitative estimate of drug-likeness (QED) is 0.697. The van der Waals surface area contributed by atoms with E-state index < -0.39 is 15.8 Å². The Labute approximate surface area is 156 Å². The first-order valence-electron chi connectivity index (χ1n) is 8.17. The molecule has 1 heterocycles. The number of sulfonamides is 1. The van der Waals surface area contributed by atoms with Crippen LogP contribution in [0.15, 0.2) is 53.4 Å². The van der Waals surface area contributed by atoms with Crippen LogP contribution >= 0.6 is 0 Å². The summed E-state index contributed by atoms with van der Waals surface area (Å²) in [5.41, 5.74) is 1.66. The highest BCUT2D eigenvalue weighted by molar-refractivity contribution is 7.89. The van der Waals surface area contributed by atoms with Gasteiger partial charge in [-0.2, -0.15) is 4.31 Å². The number of hydrogen-bond acceptors (Lipinski definition) is 4. The molecule has 0 aliphatic carbocycles. The third-order valence-corrected chi connectivity index (χ3v) is 5.95. The monoisotopic (exact) mass is 390 g/mol. The number of carbonyl (C=O) groups is 1. The van der Waals surface area contributed by atoms with E-state index in [1.807, 2.05) is 24.3 Å². The van der Waals surface area contributed by atoms with Crippen LogP contribution in [0.5, 0.6) is 0 Å². The number of likely N-dealkylation sites (N-methyl/N-ethyl adjacent to an activating group) is 2. The van der Waals surface area contributed by atoms with Crippen molar-refractivity contribution in [3.63, 3.8) is 0 Å². The van der Waals surface area contributed by atoms with Crippen LogP contribution < -0.4 is 0 Å². The fourth-order valence-electron chi connectivity index (χ4n) is 2.58. The standard InChI is InChI=1S/C18H19FN4O3S/c1-22(11-17-20-15-5-3-4-6-16(15)21-17)18(24)12-23(2)27(25,26)14-9-7-13(19)8-10-14/h3-10H,11-12H2,1-2H3,(H,20,21). The summed E-state index contributed by atoms with van der Waals surface area (Å²) in [5, 5.41) is 0. The van der Waals surface area contributed by atoms with Gasteiger partial charge in [0.1, 0.15) is 11.6 Å². The van der Waals surface area contributed by atoms with E-state index in [4.69, 9.17) is 0 Å². The van der Waals surface area contributed by atoms with Gasteiger partial charge in [-0.25, -0.2) is 17.8 Å². The second-order valence-corrected chi connectivity index (χ2v) is 8.21. The molecule has 1 N–H and O–H groups in total. The molecule has 0 spiro atoms. The molecule has 0 aliphatic heterocycles. The molecule has 1 aromatic heterocycles. The molecule has 0 fully saturated rings. The van der Waals surface area contributed by atoms with E-state index in [9.17, 15) is 17.6 Å². The Balaban J connectivity index is 1.67. The lowest BCUT2D eigenvalue weighted by Crippen LogP contribution is -2.39. The Morgan fingerprint density at radius 1 is 1.11 bits per heavy atom. The zero-order chi connectivity index (χ0) is 19.6. The van der Waals surface area contributed by atoms with Crippen LogP contribution in [-0.4, -0.2) is 54.1 Å². The number of halogens is 1. The van der Waals surface area contributed by atoms with Gasteiger partial charge in [-0.15, -0.1) is 0 Å². The number of amides is 1. The minimum atomic E-state index is -3.88. The van der Waals surface area contributed by atoms with Gasteiger partial charge in [0.15, 0.2) is 0 Å². The molecule has 0 unspecified atom stereocenters. The van der Waals surface area contributed by atoms with Crippen LogP contribution in [0.1, 0.15) is 5.82 Å². The Kier molecular flexibility index (Phi) is 5.24. The SMILES string of the molecule is CN(Cc1nc2ccccc2[nH]1)C(=O)CN(C)S(=O)(=O)c1ccc(F)cc1. The van der Waals surface area contributed by atoms with Crippen LogP contribution in [0.4, 0.5) is 4.39 Å². The van der Waals surface area contributed by atoms with E-state index in [2.05, 4.69) is 9.97 Å². The molecule has 2 aromatic carbocycles. The van der Waals surface area contributed by atoms with Crippen molar-refractivity contribution < 1.29 is 17.6 Å². The molecule has 3 aromatic rings. The van der Waals surface area contributed by atoms with Crippen molar-refractivity contribution in [1.29, 1.82) is 0 Å². The van der Waals surface area contributed by atoms with Crippen molar-refractivity contribution in [3.8, 4) is 0 Å². The summed E-state index contributed by atoms with van der Waals surface area (Å²) in [6.07, 6.45) is 0. The molecule has 0 aliphatic rings. The highest BCUT2D eigenvalue weighted by Crippen LogP contribution is 2.15. The van der Waals surface area contributed by atoms with Crippen LogP contribution in [0.25, 0.3) is 11.0 Å². The number of nitrogens with one attached hydrogen (secondary N) is 1. The Morgan fingerprint density at radius 2 is 1.78 bits per heavy atom. The van der Waals surface area contributed by atoms with E-state index in [1.54, 1.807) is 7.05 Å². The molecule has 0 saturated heterocycles. The fraction of sp³-hybridized carbons (Fsp3) is 0.222. The zero-order valence-electron chi connectivity index (χ0n) is 14.9. The van der Waals surface area contributed by atoms with Gasteiger partial charge in [0, 0.05) is 14.1 Å².